The number of epoxide rings is 1. The first-order valence-electron chi connectivity index (χ1n) is 7.45. The lowest BCUT2D eigenvalue weighted by Gasteiger charge is -2.17. The highest BCUT2D eigenvalue weighted by Crippen LogP contribution is 2.35. The van der Waals surface area contributed by atoms with E-state index in [1.54, 1.807) is 0 Å². The highest BCUT2D eigenvalue weighted by atomic mass is 16.6. The molecule has 0 aromatic heterocycles. The first-order chi connectivity index (χ1) is 9.02. The molecule has 0 bridgehead atoms. The Bertz CT molecular complexity index is 425. The number of rotatable bonds is 6. The maximum absolute atomic E-state index is 5.72. The van der Waals surface area contributed by atoms with Crippen LogP contribution in [0.2, 0.25) is 0 Å². The zero-order valence-electron chi connectivity index (χ0n) is 12.8. The molecule has 1 aliphatic heterocycles. The van der Waals surface area contributed by atoms with Crippen LogP contribution in [-0.2, 0) is 4.74 Å². The van der Waals surface area contributed by atoms with Crippen LogP contribution in [-0.4, -0.2) is 18.8 Å². The SMILES string of the molecule is CCOc1ccc(C(C)CC2OC2C)cc1C(C)C. The third kappa shape index (κ3) is 3.50. The lowest BCUT2D eigenvalue weighted by molar-refractivity contribution is 0.335. The Balaban J connectivity index is 2.14. The van der Waals surface area contributed by atoms with E-state index in [9.17, 15) is 0 Å². The van der Waals surface area contributed by atoms with E-state index in [4.69, 9.17) is 9.47 Å². The quantitative estimate of drug-likeness (QED) is 0.705. The third-order valence-corrected chi connectivity index (χ3v) is 3.95. The first-order valence-corrected chi connectivity index (χ1v) is 7.45. The molecule has 106 valence electrons. The molecule has 0 spiro atoms. The molecule has 1 fully saturated rings. The van der Waals surface area contributed by atoms with E-state index >= 15 is 0 Å². The Hall–Kier alpha value is -1.02. The molecule has 1 aromatic carbocycles. The minimum absolute atomic E-state index is 0.453. The number of hydrogen-bond donors (Lipinski definition) is 0. The van der Waals surface area contributed by atoms with Crippen molar-refractivity contribution in [3.8, 4) is 5.75 Å². The summed E-state index contributed by atoms with van der Waals surface area (Å²) in [4.78, 5) is 0. The van der Waals surface area contributed by atoms with Crippen LogP contribution in [0.4, 0.5) is 0 Å². The smallest absolute Gasteiger partial charge is 0.122 e. The second-order valence-corrected chi connectivity index (χ2v) is 5.90. The molecule has 2 heteroatoms. The predicted molar refractivity (Wildman–Crippen MR) is 79.1 cm³/mol. The fourth-order valence-corrected chi connectivity index (χ4v) is 2.57. The zero-order valence-corrected chi connectivity index (χ0v) is 12.8. The molecule has 0 saturated carbocycles. The average molecular weight is 262 g/mol. The van der Waals surface area contributed by atoms with Gasteiger partial charge in [-0.1, -0.05) is 32.9 Å². The van der Waals surface area contributed by atoms with Gasteiger partial charge in [-0.05, 0) is 49.3 Å². The van der Waals surface area contributed by atoms with Gasteiger partial charge in [0, 0.05) is 0 Å². The molecule has 0 amide bonds. The summed E-state index contributed by atoms with van der Waals surface area (Å²) in [5, 5.41) is 0. The molecule has 2 nitrogen and oxygen atoms in total. The summed E-state index contributed by atoms with van der Waals surface area (Å²) in [6.45, 7) is 11.6. The average Bonchev–Trinajstić information content (AvgIpc) is 3.05. The van der Waals surface area contributed by atoms with Gasteiger partial charge in [-0.3, -0.25) is 0 Å². The standard InChI is InChI=1S/C17H26O2/c1-6-18-16-8-7-14(10-15(16)11(2)3)12(4)9-17-13(5)19-17/h7-8,10-13,17H,6,9H2,1-5H3. The van der Waals surface area contributed by atoms with Crippen molar-refractivity contribution in [2.45, 2.75) is 65.1 Å². The molecule has 2 rings (SSSR count). The molecule has 3 atom stereocenters. The maximum atomic E-state index is 5.72. The molecular weight excluding hydrogens is 236 g/mol. The lowest BCUT2D eigenvalue weighted by atomic mass is 9.91. The Kier molecular flexibility index (Phi) is 4.51. The summed E-state index contributed by atoms with van der Waals surface area (Å²) in [5.41, 5.74) is 2.71. The monoisotopic (exact) mass is 262 g/mol. The molecular formula is C17H26O2. The summed E-state index contributed by atoms with van der Waals surface area (Å²) < 4.78 is 11.2. The molecule has 3 unspecified atom stereocenters. The van der Waals surface area contributed by atoms with Gasteiger partial charge in [0.15, 0.2) is 0 Å². The highest BCUT2D eigenvalue weighted by Gasteiger charge is 2.35. The number of hydrogen-bond acceptors (Lipinski definition) is 2. The summed E-state index contributed by atoms with van der Waals surface area (Å²) in [6.07, 6.45) is 2.03. The molecule has 0 radical (unpaired) electrons. The van der Waals surface area contributed by atoms with Gasteiger partial charge in [0.1, 0.15) is 5.75 Å². The van der Waals surface area contributed by atoms with Gasteiger partial charge in [-0.2, -0.15) is 0 Å². The van der Waals surface area contributed by atoms with Crippen molar-refractivity contribution in [3.05, 3.63) is 29.3 Å². The largest absolute Gasteiger partial charge is 0.494 e. The van der Waals surface area contributed by atoms with E-state index in [1.165, 1.54) is 11.1 Å². The van der Waals surface area contributed by atoms with Crippen molar-refractivity contribution in [1.29, 1.82) is 0 Å². The minimum atomic E-state index is 0.453. The second-order valence-electron chi connectivity index (χ2n) is 5.90. The highest BCUT2D eigenvalue weighted by molar-refractivity contribution is 5.40. The molecule has 1 saturated heterocycles. The van der Waals surface area contributed by atoms with E-state index in [1.807, 2.05) is 6.92 Å². The van der Waals surface area contributed by atoms with E-state index < -0.39 is 0 Å². The summed E-state index contributed by atoms with van der Waals surface area (Å²) >= 11 is 0. The van der Waals surface area contributed by atoms with E-state index in [0.717, 1.165) is 18.8 Å². The van der Waals surface area contributed by atoms with Gasteiger partial charge >= 0.3 is 0 Å². The van der Waals surface area contributed by atoms with Gasteiger partial charge in [0.2, 0.25) is 0 Å². The van der Waals surface area contributed by atoms with Crippen molar-refractivity contribution in [1.82, 2.24) is 0 Å². The minimum Gasteiger partial charge on any atom is -0.494 e. The summed E-state index contributed by atoms with van der Waals surface area (Å²) in [6, 6.07) is 6.64. The lowest BCUT2D eigenvalue weighted by Crippen LogP contribution is -2.03. The van der Waals surface area contributed by atoms with Crippen molar-refractivity contribution < 1.29 is 9.47 Å². The van der Waals surface area contributed by atoms with Crippen molar-refractivity contribution in [3.63, 3.8) is 0 Å². The molecule has 0 N–H and O–H groups in total. The molecule has 0 aliphatic carbocycles. The zero-order chi connectivity index (χ0) is 14.0. The van der Waals surface area contributed by atoms with Gasteiger partial charge in [-0.15, -0.1) is 0 Å². The maximum Gasteiger partial charge on any atom is 0.122 e. The number of benzene rings is 1. The normalized spacial score (nSPS) is 23.5. The van der Waals surface area contributed by atoms with Crippen LogP contribution in [0, 0.1) is 0 Å². The Labute approximate surface area is 117 Å². The van der Waals surface area contributed by atoms with Crippen LogP contribution in [0.1, 0.15) is 64.0 Å². The summed E-state index contributed by atoms with van der Waals surface area (Å²) in [7, 11) is 0. The van der Waals surface area contributed by atoms with Crippen LogP contribution in [0.25, 0.3) is 0 Å². The molecule has 1 aromatic rings. The topological polar surface area (TPSA) is 21.8 Å². The van der Waals surface area contributed by atoms with Crippen LogP contribution in [0.15, 0.2) is 18.2 Å². The van der Waals surface area contributed by atoms with E-state index in [0.29, 0.717) is 24.0 Å². The third-order valence-electron chi connectivity index (χ3n) is 3.95. The van der Waals surface area contributed by atoms with Gasteiger partial charge in [-0.25, -0.2) is 0 Å². The predicted octanol–water partition coefficient (Wildman–Crippen LogP) is 4.49. The van der Waals surface area contributed by atoms with Gasteiger partial charge in [0.05, 0.1) is 18.8 Å². The van der Waals surface area contributed by atoms with Crippen molar-refractivity contribution in [2.24, 2.45) is 0 Å². The van der Waals surface area contributed by atoms with E-state index in [-0.39, 0.29) is 0 Å². The van der Waals surface area contributed by atoms with Crippen molar-refractivity contribution in [2.75, 3.05) is 6.61 Å². The second kappa shape index (κ2) is 5.96. The Morgan fingerprint density at radius 3 is 2.47 bits per heavy atom. The van der Waals surface area contributed by atoms with Gasteiger partial charge in [0.25, 0.3) is 0 Å². The Morgan fingerprint density at radius 1 is 1.26 bits per heavy atom. The summed E-state index contributed by atoms with van der Waals surface area (Å²) in [5.74, 6) is 2.07. The number of ether oxygens (including phenoxy) is 2. The molecule has 1 heterocycles. The fourth-order valence-electron chi connectivity index (χ4n) is 2.57. The first kappa shape index (κ1) is 14.4. The Morgan fingerprint density at radius 2 is 1.95 bits per heavy atom. The van der Waals surface area contributed by atoms with Crippen LogP contribution in [0.5, 0.6) is 5.75 Å². The molecule has 19 heavy (non-hydrogen) atoms. The van der Waals surface area contributed by atoms with Crippen molar-refractivity contribution >= 4 is 0 Å². The fraction of sp³-hybridized carbons (Fsp3) is 0.647. The van der Waals surface area contributed by atoms with Crippen LogP contribution in [0.3, 0.4) is 0 Å². The van der Waals surface area contributed by atoms with Crippen LogP contribution < -0.4 is 4.74 Å². The van der Waals surface area contributed by atoms with Crippen LogP contribution >= 0.6 is 0 Å². The molecule has 1 aliphatic rings. The van der Waals surface area contributed by atoms with Gasteiger partial charge < -0.3 is 9.47 Å². The van der Waals surface area contributed by atoms with E-state index in [2.05, 4.69) is 45.9 Å².